The molecule has 0 heteroatoms. The maximum atomic E-state index is 3.82. The molecule has 0 fully saturated rings. The molecule has 0 aliphatic rings. The summed E-state index contributed by atoms with van der Waals surface area (Å²) in [6, 6.07) is 8.68. The zero-order chi connectivity index (χ0) is 8.10. The predicted octanol–water partition coefficient (Wildman–Crippen LogP) is 3.15. The minimum atomic E-state index is 1.04. The highest BCUT2D eigenvalue weighted by Crippen LogP contribution is 2.07. The molecule has 0 saturated carbocycles. The zero-order valence-corrected chi connectivity index (χ0v) is 7.14. The number of hydrogen-bond donors (Lipinski definition) is 0. The molecule has 0 atom stereocenters. The second-order valence-corrected chi connectivity index (χ2v) is 2.95. The van der Waals surface area contributed by atoms with Gasteiger partial charge in [0, 0.05) is 0 Å². The number of rotatable bonds is 3. The van der Waals surface area contributed by atoms with E-state index in [2.05, 4.69) is 38.1 Å². The lowest BCUT2D eigenvalue weighted by Gasteiger charge is -1.99. The molecule has 11 heavy (non-hydrogen) atoms. The smallest absolute Gasteiger partial charge is 0.0279 e. The Hall–Kier alpha value is -0.780. The molecule has 0 spiro atoms. The number of aryl methyl sites for hydroxylation is 2. The highest BCUT2D eigenvalue weighted by molar-refractivity contribution is 5.22. The van der Waals surface area contributed by atoms with E-state index < -0.39 is 0 Å². The largest absolute Gasteiger partial charge is 0.0617 e. The molecule has 0 bridgehead atoms. The molecule has 0 aromatic heterocycles. The van der Waals surface area contributed by atoms with Gasteiger partial charge in [-0.1, -0.05) is 43.2 Å². The molecule has 1 radical (unpaired) electrons. The molecule has 0 amide bonds. The van der Waals surface area contributed by atoms with Crippen LogP contribution >= 0.6 is 0 Å². The van der Waals surface area contributed by atoms with E-state index in [1.165, 1.54) is 24.0 Å². The summed E-state index contributed by atoms with van der Waals surface area (Å²) in [5.74, 6) is 0. The van der Waals surface area contributed by atoms with Crippen molar-refractivity contribution >= 4 is 0 Å². The summed E-state index contributed by atoms with van der Waals surface area (Å²) in [4.78, 5) is 0. The van der Waals surface area contributed by atoms with Gasteiger partial charge in [0.15, 0.2) is 0 Å². The van der Waals surface area contributed by atoms with E-state index >= 15 is 0 Å². The lowest BCUT2D eigenvalue weighted by atomic mass is 10.1. The van der Waals surface area contributed by atoms with Gasteiger partial charge in [-0.15, -0.1) is 0 Å². The van der Waals surface area contributed by atoms with E-state index in [9.17, 15) is 0 Å². The van der Waals surface area contributed by atoms with Crippen LogP contribution in [0.25, 0.3) is 0 Å². The third-order valence-corrected chi connectivity index (χ3v) is 1.80. The number of unbranched alkanes of at least 4 members (excludes halogenated alkanes) is 1. The lowest BCUT2D eigenvalue weighted by Crippen LogP contribution is -1.84. The molecular formula is C11H15. The van der Waals surface area contributed by atoms with Crippen molar-refractivity contribution in [3.63, 3.8) is 0 Å². The zero-order valence-electron chi connectivity index (χ0n) is 7.14. The van der Waals surface area contributed by atoms with Crippen LogP contribution in [0.3, 0.4) is 0 Å². The van der Waals surface area contributed by atoms with E-state index in [4.69, 9.17) is 0 Å². The molecule has 1 aromatic rings. The summed E-state index contributed by atoms with van der Waals surface area (Å²) in [6.07, 6.45) is 3.41. The first kappa shape index (κ1) is 8.32. The Bertz CT molecular complexity index is 213. The molecule has 0 heterocycles. The van der Waals surface area contributed by atoms with Gasteiger partial charge in [0.05, 0.1) is 0 Å². The van der Waals surface area contributed by atoms with Crippen LogP contribution in [0.2, 0.25) is 0 Å². The fourth-order valence-electron chi connectivity index (χ4n) is 1.20. The van der Waals surface area contributed by atoms with Gasteiger partial charge < -0.3 is 0 Å². The topological polar surface area (TPSA) is 0 Å². The monoisotopic (exact) mass is 147 g/mol. The highest BCUT2D eigenvalue weighted by atomic mass is 14.0. The van der Waals surface area contributed by atoms with Crippen LogP contribution in [-0.2, 0) is 6.42 Å². The van der Waals surface area contributed by atoms with Gasteiger partial charge in [0.2, 0.25) is 0 Å². The first-order chi connectivity index (χ1) is 5.33. The van der Waals surface area contributed by atoms with Gasteiger partial charge in [-0.05, 0) is 25.3 Å². The van der Waals surface area contributed by atoms with Crippen molar-refractivity contribution in [3.05, 3.63) is 42.3 Å². The van der Waals surface area contributed by atoms with Crippen molar-refractivity contribution < 1.29 is 0 Å². The van der Waals surface area contributed by atoms with Crippen molar-refractivity contribution in [2.45, 2.75) is 26.2 Å². The normalized spacial score (nSPS) is 10.0. The third-order valence-electron chi connectivity index (χ3n) is 1.80. The van der Waals surface area contributed by atoms with Crippen molar-refractivity contribution in [1.29, 1.82) is 0 Å². The molecule has 0 saturated heterocycles. The van der Waals surface area contributed by atoms with Crippen molar-refractivity contribution in [2.75, 3.05) is 0 Å². The number of hydrogen-bond acceptors (Lipinski definition) is 0. The molecular weight excluding hydrogens is 132 g/mol. The molecule has 0 unspecified atom stereocenters. The molecule has 0 aliphatic heterocycles. The third kappa shape index (κ3) is 2.75. The van der Waals surface area contributed by atoms with Crippen molar-refractivity contribution in [1.82, 2.24) is 0 Å². The van der Waals surface area contributed by atoms with Gasteiger partial charge in [-0.3, -0.25) is 0 Å². The van der Waals surface area contributed by atoms with E-state index in [1.54, 1.807) is 0 Å². The fourth-order valence-corrected chi connectivity index (χ4v) is 1.20. The maximum absolute atomic E-state index is 3.82. The predicted molar refractivity (Wildman–Crippen MR) is 49.5 cm³/mol. The van der Waals surface area contributed by atoms with Gasteiger partial charge in [0.1, 0.15) is 0 Å². The summed E-state index contributed by atoms with van der Waals surface area (Å²) < 4.78 is 0. The lowest BCUT2D eigenvalue weighted by molar-refractivity contribution is 0.840. The average Bonchev–Trinajstić information content (AvgIpc) is 2.01. The summed E-state index contributed by atoms with van der Waals surface area (Å²) in [5, 5.41) is 0. The van der Waals surface area contributed by atoms with Gasteiger partial charge in [-0.25, -0.2) is 0 Å². The Labute approximate surface area is 69.3 Å². The minimum absolute atomic E-state index is 1.04. The van der Waals surface area contributed by atoms with Crippen LogP contribution in [-0.4, -0.2) is 0 Å². The van der Waals surface area contributed by atoms with Crippen LogP contribution in [0.4, 0.5) is 0 Å². The van der Waals surface area contributed by atoms with Crippen molar-refractivity contribution in [3.8, 4) is 0 Å². The first-order valence-electron chi connectivity index (χ1n) is 4.17. The summed E-state index contributed by atoms with van der Waals surface area (Å²) in [7, 11) is 0. The Kier molecular flexibility index (Phi) is 3.15. The van der Waals surface area contributed by atoms with E-state index in [0.29, 0.717) is 0 Å². The SMILES string of the molecule is [CH2]CCCc1cccc(C)c1. The van der Waals surface area contributed by atoms with Gasteiger partial charge >= 0.3 is 0 Å². The Morgan fingerprint density at radius 2 is 2.18 bits per heavy atom. The summed E-state index contributed by atoms with van der Waals surface area (Å²) in [5.41, 5.74) is 2.79. The van der Waals surface area contributed by atoms with Crippen LogP contribution in [0.1, 0.15) is 24.0 Å². The minimum Gasteiger partial charge on any atom is -0.0617 e. The van der Waals surface area contributed by atoms with Gasteiger partial charge in [0.25, 0.3) is 0 Å². The van der Waals surface area contributed by atoms with Crippen LogP contribution in [0, 0.1) is 13.8 Å². The van der Waals surface area contributed by atoms with Crippen LogP contribution < -0.4 is 0 Å². The second kappa shape index (κ2) is 4.17. The Balaban J connectivity index is 2.56. The molecule has 1 rings (SSSR count). The summed E-state index contributed by atoms with van der Waals surface area (Å²) in [6.45, 7) is 5.96. The fraction of sp³-hybridized carbons (Fsp3) is 0.364. The number of benzene rings is 1. The highest BCUT2D eigenvalue weighted by Gasteiger charge is 1.90. The van der Waals surface area contributed by atoms with E-state index in [0.717, 1.165) is 6.42 Å². The second-order valence-electron chi connectivity index (χ2n) is 2.95. The van der Waals surface area contributed by atoms with Crippen LogP contribution in [0.15, 0.2) is 24.3 Å². The molecule has 0 aliphatic carbocycles. The van der Waals surface area contributed by atoms with E-state index in [1.807, 2.05) is 0 Å². The van der Waals surface area contributed by atoms with Crippen LogP contribution in [0.5, 0.6) is 0 Å². The van der Waals surface area contributed by atoms with Crippen molar-refractivity contribution in [2.24, 2.45) is 0 Å². The van der Waals surface area contributed by atoms with Gasteiger partial charge in [-0.2, -0.15) is 0 Å². The molecule has 0 N–H and O–H groups in total. The maximum Gasteiger partial charge on any atom is -0.0279 e. The van der Waals surface area contributed by atoms with E-state index in [-0.39, 0.29) is 0 Å². The Morgan fingerprint density at radius 1 is 1.36 bits per heavy atom. The first-order valence-corrected chi connectivity index (χ1v) is 4.17. The molecule has 1 aromatic carbocycles. The standard InChI is InChI=1S/C11H15/c1-3-4-7-11-8-5-6-10(2)9-11/h5-6,8-9H,1,3-4,7H2,2H3. The summed E-state index contributed by atoms with van der Waals surface area (Å²) >= 11 is 0. The molecule has 0 nitrogen and oxygen atoms in total. The Morgan fingerprint density at radius 3 is 2.82 bits per heavy atom. The average molecular weight is 147 g/mol. The molecule has 59 valence electrons. The quantitative estimate of drug-likeness (QED) is 0.616.